The highest BCUT2D eigenvalue weighted by Gasteiger charge is 2.20. The monoisotopic (exact) mass is 312 g/mol. The number of hydrogen-bond acceptors (Lipinski definition) is 4. The molecule has 0 atom stereocenters. The second-order valence-corrected chi connectivity index (χ2v) is 5.58. The summed E-state index contributed by atoms with van der Waals surface area (Å²) in [4.78, 5) is 13.4. The third kappa shape index (κ3) is 5.53. The van der Waals surface area contributed by atoms with Gasteiger partial charge in [-0.2, -0.15) is 0 Å². The van der Waals surface area contributed by atoms with E-state index >= 15 is 0 Å². The lowest BCUT2D eigenvalue weighted by Gasteiger charge is -2.32. The minimum Gasteiger partial charge on any atom is -0.492 e. The molecule has 0 unspecified atom stereocenters. The van der Waals surface area contributed by atoms with Crippen molar-refractivity contribution in [1.29, 1.82) is 0 Å². The molecule has 0 radical (unpaired) electrons. The zero-order valence-corrected chi connectivity index (χ0v) is 12.7. The number of hydrogen-bond donors (Lipinski definition) is 2. The topological polar surface area (TPSA) is 61.8 Å². The van der Waals surface area contributed by atoms with Crippen molar-refractivity contribution < 1.29 is 14.6 Å². The maximum absolute atomic E-state index is 11.1. The summed E-state index contributed by atoms with van der Waals surface area (Å²) in [6, 6.07) is 7.52. The molecule has 0 saturated carbocycles. The molecule has 0 aromatic heterocycles. The molecule has 2 N–H and O–H groups in total. The van der Waals surface area contributed by atoms with Crippen molar-refractivity contribution in [1.82, 2.24) is 10.2 Å². The molecule has 1 amide bonds. The second kappa shape index (κ2) is 8.22. The van der Waals surface area contributed by atoms with E-state index in [1.54, 1.807) is 0 Å². The number of aliphatic hydroxyl groups is 1. The number of benzene rings is 1. The molecule has 1 saturated heterocycles. The van der Waals surface area contributed by atoms with Crippen LogP contribution in [0, 0.1) is 0 Å². The number of carbonyl (C=O) groups excluding carboxylic acids is 1. The molecule has 1 aliphatic heterocycles. The Kier molecular flexibility index (Phi) is 6.29. The molecule has 0 spiro atoms. The fraction of sp³-hybridized carbons (Fsp3) is 0.533. The fourth-order valence-electron chi connectivity index (χ4n) is 2.40. The van der Waals surface area contributed by atoms with Crippen molar-refractivity contribution in [3.8, 4) is 5.75 Å². The van der Waals surface area contributed by atoms with Crippen molar-refractivity contribution >= 4 is 17.5 Å². The molecule has 21 heavy (non-hydrogen) atoms. The first-order valence-electron chi connectivity index (χ1n) is 7.18. The number of carbonyl (C=O) groups is 1. The van der Waals surface area contributed by atoms with Crippen LogP contribution in [-0.2, 0) is 4.79 Å². The van der Waals surface area contributed by atoms with Crippen LogP contribution in [0.25, 0.3) is 0 Å². The van der Waals surface area contributed by atoms with Gasteiger partial charge in [0.25, 0.3) is 0 Å². The summed E-state index contributed by atoms with van der Waals surface area (Å²) in [7, 11) is 0. The van der Waals surface area contributed by atoms with E-state index in [1.165, 1.54) is 0 Å². The van der Waals surface area contributed by atoms with Crippen LogP contribution in [0.4, 0.5) is 0 Å². The quantitative estimate of drug-likeness (QED) is 0.831. The van der Waals surface area contributed by atoms with E-state index in [2.05, 4.69) is 10.2 Å². The first-order valence-corrected chi connectivity index (χ1v) is 7.56. The largest absolute Gasteiger partial charge is 0.492 e. The van der Waals surface area contributed by atoms with Gasteiger partial charge in [-0.1, -0.05) is 11.6 Å². The van der Waals surface area contributed by atoms with Crippen molar-refractivity contribution in [3.05, 3.63) is 29.3 Å². The second-order valence-electron chi connectivity index (χ2n) is 5.14. The van der Waals surface area contributed by atoms with Crippen LogP contribution in [0.2, 0.25) is 5.02 Å². The van der Waals surface area contributed by atoms with Gasteiger partial charge in [0, 0.05) is 30.7 Å². The first kappa shape index (κ1) is 16.1. The van der Waals surface area contributed by atoms with Gasteiger partial charge in [0.1, 0.15) is 19.0 Å². The molecule has 1 aliphatic rings. The Morgan fingerprint density at radius 1 is 1.33 bits per heavy atom. The number of nitrogens with zero attached hydrogens (tertiary/aromatic N) is 1. The number of amides is 1. The van der Waals surface area contributed by atoms with Gasteiger partial charge in [-0.3, -0.25) is 9.69 Å². The Hall–Kier alpha value is -1.30. The number of likely N-dealkylation sites (tertiary alicyclic amines) is 1. The minimum absolute atomic E-state index is 0.179. The van der Waals surface area contributed by atoms with Gasteiger partial charge in [0.05, 0.1) is 0 Å². The van der Waals surface area contributed by atoms with Crippen LogP contribution in [0.3, 0.4) is 0 Å². The summed E-state index contributed by atoms with van der Waals surface area (Å²) in [6.07, 6.45) is 1.82. The number of piperidine rings is 1. The Balaban J connectivity index is 1.62. The average Bonchev–Trinajstić information content (AvgIpc) is 2.51. The zero-order chi connectivity index (χ0) is 15.1. The molecule has 2 rings (SSSR count). The fourth-order valence-corrected chi connectivity index (χ4v) is 2.52. The number of rotatable bonds is 6. The lowest BCUT2D eigenvalue weighted by Crippen LogP contribution is -2.46. The molecule has 1 aromatic carbocycles. The number of nitrogens with one attached hydrogen (secondary N) is 1. The third-order valence-electron chi connectivity index (χ3n) is 3.59. The molecular weight excluding hydrogens is 292 g/mol. The summed E-state index contributed by atoms with van der Waals surface area (Å²) in [5, 5.41) is 12.2. The molecular formula is C15H21ClN2O3. The van der Waals surface area contributed by atoms with Crippen LogP contribution in [0.5, 0.6) is 5.75 Å². The van der Waals surface area contributed by atoms with Crippen molar-refractivity contribution in [2.24, 2.45) is 0 Å². The molecule has 1 fully saturated rings. The Morgan fingerprint density at radius 3 is 2.62 bits per heavy atom. The molecule has 1 aromatic rings. The summed E-state index contributed by atoms with van der Waals surface area (Å²) in [5.41, 5.74) is 0. The smallest absolute Gasteiger partial charge is 0.245 e. The highest BCUT2D eigenvalue weighted by molar-refractivity contribution is 6.30. The lowest BCUT2D eigenvalue weighted by molar-refractivity contribution is -0.124. The van der Waals surface area contributed by atoms with Crippen molar-refractivity contribution in [2.45, 2.75) is 18.9 Å². The van der Waals surface area contributed by atoms with Crippen LogP contribution >= 0.6 is 11.6 Å². The molecule has 116 valence electrons. The Morgan fingerprint density at radius 2 is 2.00 bits per heavy atom. The SMILES string of the molecule is O=C(CO)NC1CCN(CCOc2ccc(Cl)cc2)CC1. The summed E-state index contributed by atoms with van der Waals surface area (Å²) in [6.45, 7) is 2.93. The third-order valence-corrected chi connectivity index (χ3v) is 3.84. The summed E-state index contributed by atoms with van der Waals surface area (Å²) >= 11 is 5.82. The van der Waals surface area contributed by atoms with E-state index in [0.29, 0.717) is 11.6 Å². The van der Waals surface area contributed by atoms with Gasteiger partial charge in [0.15, 0.2) is 0 Å². The van der Waals surface area contributed by atoms with E-state index < -0.39 is 6.61 Å². The highest BCUT2D eigenvalue weighted by Crippen LogP contribution is 2.16. The van der Waals surface area contributed by atoms with E-state index in [1.807, 2.05) is 24.3 Å². The van der Waals surface area contributed by atoms with Crippen molar-refractivity contribution in [3.63, 3.8) is 0 Å². The predicted octanol–water partition coefficient (Wildman–Crippen LogP) is 1.29. The van der Waals surface area contributed by atoms with Crippen LogP contribution in [0.1, 0.15) is 12.8 Å². The van der Waals surface area contributed by atoms with Gasteiger partial charge < -0.3 is 15.2 Å². The predicted molar refractivity (Wildman–Crippen MR) is 81.6 cm³/mol. The van der Waals surface area contributed by atoms with Crippen LogP contribution < -0.4 is 10.1 Å². The van der Waals surface area contributed by atoms with Gasteiger partial charge in [-0.05, 0) is 37.1 Å². The van der Waals surface area contributed by atoms with E-state index in [4.69, 9.17) is 21.4 Å². The average molecular weight is 313 g/mol. The van der Waals surface area contributed by atoms with E-state index in [0.717, 1.165) is 38.2 Å². The van der Waals surface area contributed by atoms with Gasteiger partial charge in [0.2, 0.25) is 5.91 Å². The molecule has 0 bridgehead atoms. The lowest BCUT2D eigenvalue weighted by atomic mass is 10.1. The van der Waals surface area contributed by atoms with Gasteiger partial charge in [-0.25, -0.2) is 0 Å². The molecule has 5 nitrogen and oxygen atoms in total. The number of halogens is 1. The van der Waals surface area contributed by atoms with Gasteiger partial charge >= 0.3 is 0 Å². The molecule has 0 aliphatic carbocycles. The van der Waals surface area contributed by atoms with Gasteiger partial charge in [-0.15, -0.1) is 0 Å². The molecule has 6 heteroatoms. The maximum Gasteiger partial charge on any atom is 0.245 e. The summed E-state index contributed by atoms with van der Waals surface area (Å²) < 4.78 is 5.67. The van der Waals surface area contributed by atoms with Crippen LogP contribution in [-0.4, -0.2) is 54.8 Å². The standard InChI is InChI=1S/C15H21ClN2O3/c16-12-1-3-14(4-2-12)21-10-9-18-7-5-13(6-8-18)17-15(20)11-19/h1-4,13,19H,5-11H2,(H,17,20). The first-order chi connectivity index (χ1) is 10.2. The van der Waals surface area contributed by atoms with Crippen molar-refractivity contribution in [2.75, 3.05) is 32.8 Å². The number of aliphatic hydroxyl groups excluding tert-OH is 1. The van der Waals surface area contributed by atoms with Crippen LogP contribution in [0.15, 0.2) is 24.3 Å². The van der Waals surface area contributed by atoms with E-state index in [-0.39, 0.29) is 11.9 Å². The molecule has 1 heterocycles. The Bertz CT molecular complexity index is 445. The number of ether oxygens (including phenoxy) is 1. The zero-order valence-electron chi connectivity index (χ0n) is 11.9. The normalized spacial score (nSPS) is 16.7. The Labute approximate surface area is 129 Å². The maximum atomic E-state index is 11.1. The minimum atomic E-state index is -0.435. The summed E-state index contributed by atoms with van der Waals surface area (Å²) in [5.74, 6) is 0.531. The van der Waals surface area contributed by atoms with E-state index in [9.17, 15) is 4.79 Å². The highest BCUT2D eigenvalue weighted by atomic mass is 35.5.